The molecule has 0 radical (unpaired) electrons. The number of carbonyl (C=O) groups is 1. The number of amidine groups is 1. The summed E-state index contributed by atoms with van der Waals surface area (Å²) in [5.74, 6) is 0.118. The minimum atomic E-state index is -3.48. The monoisotopic (exact) mass is 337 g/mol. The average Bonchev–Trinajstić information content (AvgIpc) is 2.81. The SMILES string of the molecule is CN(C(=O)C1=CC=CN2CCS(=O)(=O)N=C12)C1CCCCCC1. The third-order valence-electron chi connectivity index (χ3n) is 4.78. The molecule has 0 unspecified atom stereocenters. The molecule has 0 bridgehead atoms. The summed E-state index contributed by atoms with van der Waals surface area (Å²) in [6, 6.07) is 0.228. The van der Waals surface area contributed by atoms with Crippen LogP contribution in [0.5, 0.6) is 0 Å². The maximum atomic E-state index is 12.9. The second-order valence-corrected chi connectivity index (χ2v) is 8.13. The van der Waals surface area contributed by atoms with E-state index in [4.69, 9.17) is 0 Å². The zero-order valence-electron chi connectivity index (χ0n) is 13.4. The van der Waals surface area contributed by atoms with Crippen LogP contribution in [-0.2, 0) is 14.8 Å². The molecule has 3 aliphatic rings. The van der Waals surface area contributed by atoms with Crippen LogP contribution in [0.15, 0.2) is 28.3 Å². The molecule has 7 heteroatoms. The minimum Gasteiger partial charge on any atom is -0.339 e. The van der Waals surface area contributed by atoms with Crippen molar-refractivity contribution < 1.29 is 13.2 Å². The number of hydrogen-bond donors (Lipinski definition) is 0. The summed E-state index contributed by atoms with van der Waals surface area (Å²) in [5, 5.41) is 0. The van der Waals surface area contributed by atoms with Crippen molar-refractivity contribution in [2.75, 3.05) is 19.3 Å². The Bertz CT molecular complexity index is 671. The van der Waals surface area contributed by atoms with Gasteiger partial charge in [0.1, 0.15) is 0 Å². The number of fused-ring (bicyclic) bond motifs is 1. The smallest absolute Gasteiger partial charge is 0.257 e. The third-order valence-corrected chi connectivity index (χ3v) is 5.93. The zero-order valence-corrected chi connectivity index (χ0v) is 14.3. The van der Waals surface area contributed by atoms with Gasteiger partial charge in [0.05, 0.1) is 11.3 Å². The van der Waals surface area contributed by atoms with E-state index in [1.807, 2.05) is 7.05 Å². The van der Waals surface area contributed by atoms with E-state index in [2.05, 4.69) is 4.40 Å². The molecule has 1 aliphatic carbocycles. The highest BCUT2D eigenvalue weighted by molar-refractivity contribution is 7.90. The van der Waals surface area contributed by atoms with E-state index >= 15 is 0 Å². The molecule has 2 heterocycles. The fraction of sp³-hybridized carbons (Fsp3) is 0.625. The van der Waals surface area contributed by atoms with Gasteiger partial charge in [-0.25, -0.2) is 8.42 Å². The molecule has 1 amide bonds. The lowest BCUT2D eigenvalue weighted by atomic mass is 10.0. The maximum absolute atomic E-state index is 12.9. The molecular weight excluding hydrogens is 314 g/mol. The third kappa shape index (κ3) is 3.49. The van der Waals surface area contributed by atoms with E-state index < -0.39 is 10.0 Å². The van der Waals surface area contributed by atoms with Gasteiger partial charge in [0.15, 0.2) is 5.84 Å². The van der Waals surface area contributed by atoms with Crippen molar-refractivity contribution in [2.45, 2.75) is 44.6 Å². The van der Waals surface area contributed by atoms with Crippen LogP contribution in [-0.4, -0.2) is 55.3 Å². The first-order chi connectivity index (χ1) is 11.0. The molecule has 1 fully saturated rings. The number of carbonyl (C=O) groups excluding carboxylic acids is 1. The van der Waals surface area contributed by atoms with Gasteiger partial charge in [-0.2, -0.15) is 0 Å². The molecule has 0 atom stereocenters. The number of hydrogen-bond acceptors (Lipinski definition) is 4. The van der Waals surface area contributed by atoms with E-state index in [-0.39, 0.29) is 23.5 Å². The van der Waals surface area contributed by atoms with Gasteiger partial charge in [-0.05, 0) is 25.0 Å². The lowest BCUT2D eigenvalue weighted by molar-refractivity contribution is -0.127. The molecule has 0 aromatic carbocycles. The Balaban J connectivity index is 1.84. The molecule has 0 N–H and O–H groups in total. The number of sulfonamides is 1. The van der Waals surface area contributed by atoms with Crippen molar-refractivity contribution in [1.29, 1.82) is 0 Å². The Morgan fingerprint density at radius 1 is 1.26 bits per heavy atom. The Morgan fingerprint density at radius 2 is 1.96 bits per heavy atom. The predicted molar refractivity (Wildman–Crippen MR) is 89.4 cm³/mol. The van der Waals surface area contributed by atoms with Crippen LogP contribution in [0.4, 0.5) is 0 Å². The summed E-state index contributed by atoms with van der Waals surface area (Å²) in [5.41, 5.74) is 0.377. The molecule has 0 aromatic rings. The Kier molecular flexibility index (Phi) is 4.57. The van der Waals surface area contributed by atoms with Crippen molar-refractivity contribution in [2.24, 2.45) is 4.40 Å². The first-order valence-electron chi connectivity index (χ1n) is 8.23. The topological polar surface area (TPSA) is 70.1 Å². The molecule has 3 rings (SSSR count). The largest absolute Gasteiger partial charge is 0.339 e. The van der Waals surface area contributed by atoms with E-state index in [0.717, 1.165) is 25.7 Å². The Labute approximate surface area is 137 Å². The quantitative estimate of drug-likeness (QED) is 0.719. The van der Waals surface area contributed by atoms with Gasteiger partial charge in [0.2, 0.25) is 0 Å². The number of amides is 1. The van der Waals surface area contributed by atoms with Gasteiger partial charge in [0, 0.05) is 25.8 Å². The average molecular weight is 337 g/mol. The summed E-state index contributed by atoms with van der Waals surface area (Å²) in [6.07, 6.45) is 12.0. The van der Waals surface area contributed by atoms with Gasteiger partial charge in [-0.3, -0.25) is 4.79 Å². The first kappa shape index (κ1) is 16.2. The number of rotatable bonds is 2. The van der Waals surface area contributed by atoms with Crippen molar-refractivity contribution in [1.82, 2.24) is 9.80 Å². The van der Waals surface area contributed by atoms with Gasteiger partial charge in [0.25, 0.3) is 15.9 Å². The Morgan fingerprint density at radius 3 is 2.65 bits per heavy atom. The highest BCUT2D eigenvalue weighted by Crippen LogP contribution is 2.24. The molecule has 6 nitrogen and oxygen atoms in total. The molecule has 1 saturated carbocycles. The molecule has 126 valence electrons. The van der Waals surface area contributed by atoms with Crippen LogP contribution in [0, 0.1) is 0 Å². The van der Waals surface area contributed by atoms with Crippen molar-refractivity contribution in [3.8, 4) is 0 Å². The van der Waals surface area contributed by atoms with Gasteiger partial charge in [-0.15, -0.1) is 4.40 Å². The second kappa shape index (κ2) is 6.47. The molecule has 2 aliphatic heterocycles. The van der Waals surface area contributed by atoms with E-state index in [9.17, 15) is 13.2 Å². The normalized spacial score (nSPS) is 24.3. The van der Waals surface area contributed by atoms with Crippen LogP contribution in [0.25, 0.3) is 0 Å². The van der Waals surface area contributed by atoms with Crippen molar-refractivity contribution >= 4 is 21.8 Å². The Hall–Kier alpha value is -1.63. The molecular formula is C16H23N3O3S. The van der Waals surface area contributed by atoms with Crippen LogP contribution >= 0.6 is 0 Å². The zero-order chi connectivity index (χ0) is 16.4. The fourth-order valence-electron chi connectivity index (χ4n) is 3.38. The van der Waals surface area contributed by atoms with Gasteiger partial charge < -0.3 is 9.80 Å². The fourth-order valence-corrected chi connectivity index (χ4v) is 4.37. The highest BCUT2D eigenvalue weighted by Gasteiger charge is 2.32. The number of allylic oxidation sites excluding steroid dienone is 2. The summed E-state index contributed by atoms with van der Waals surface area (Å²) in [4.78, 5) is 16.4. The molecule has 0 saturated heterocycles. The summed E-state index contributed by atoms with van der Waals surface area (Å²) < 4.78 is 27.4. The maximum Gasteiger partial charge on any atom is 0.257 e. The minimum absolute atomic E-state index is 0.0131. The second-order valence-electron chi connectivity index (χ2n) is 6.38. The highest BCUT2D eigenvalue weighted by atomic mass is 32.2. The van der Waals surface area contributed by atoms with Crippen LogP contribution in [0.2, 0.25) is 0 Å². The van der Waals surface area contributed by atoms with E-state index in [1.54, 1.807) is 28.2 Å². The number of likely N-dealkylation sites (N-methyl/N-ethyl adjacent to an activating group) is 1. The lowest BCUT2D eigenvalue weighted by Gasteiger charge is -2.32. The van der Waals surface area contributed by atoms with E-state index in [0.29, 0.717) is 12.1 Å². The number of nitrogens with zero attached hydrogens (tertiary/aromatic N) is 3. The van der Waals surface area contributed by atoms with Crippen LogP contribution in [0.1, 0.15) is 38.5 Å². The van der Waals surface area contributed by atoms with Gasteiger partial charge >= 0.3 is 0 Å². The predicted octanol–water partition coefficient (Wildman–Crippen LogP) is 1.67. The lowest BCUT2D eigenvalue weighted by Crippen LogP contribution is -2.45. The molecule has 0 aromatic heterocycles. The van der Waals surface area contributed by atoms with Crippen LogP contribution in [0.3, 0.4) is 0 Å². The summed E-state index contributed by atoms with van der Waals surface area (Å²) in [6.45, 7) is 0.343. The molecule has 0 spiro atoms. The first-order valence-corrected chi connectivity index (χ1v) is 9.84. The summed E-state index contributed by atoms with van der Waals surface area (Å²) in [7, 11) is -1.66. The summed E-state index contributed by atoms with van der Waals surface area (Å²) >= 11 is 0. The van der Waals surface area contributed by atoms with E-state index in [1.165, 1.54) is 12.8 Å². The van der Waals surface area contributed by atoms with Crippen molar-refractivity contribution in [3.63, 3.8) is 0 Å². The standard InChI is InChI=1S/C16H23N3O3S/c1-18(13-7-4-2-3-5-8-13)16(20)14-9-6-10-19-11-12-23(21,22)17-15(14)19/h6,9-10,13H,2-5,7-8,11-12H2,1H3. The van der Waals surface area contributed by atoms with Crippen molar-refractivity contribution in [3.05, 3.63) is 23.9 Å². The van der Waals surface area contributed by atoms with Gasteiger partial charge in [-0.1, -0.05) is 25.7 Å². The van der Waals surface area contributed by atoms with Crippen LogP contribution < -0.4 is 0 Å². The molecule has 23 heavy (non-hydrogen) atoms.